The summed E-state index contributed by atoms with van der Waals surface area (Å²) < 4.78 is 0. The fraction of sp³-hybridized carbons (Fsp3) is 0.214. The standard InChI is InChI=1S/C14H14ClN/c1-9-6-11(3)16-14(7-9)12-5-4-10(2)13(15)8-12/h4-8H,1-3H3. The highest BCUT2D eigenvalue weighted by atomic mass is 35.5. The Labute approximate surface area is 101 Å². The number of hydrogen-bond donors (Lipinski definition) is 0. The van der Waals surface area contributed by atoms with Gasteiger partial charge in [-0.3, -0.25) is 4.98 Å². The maximum atomic E-state index is 6.12. The lowest BCUT2D eigenvalue weighted by atomic mass is 10.1. The van der Waals surface area contributed by atoms with Crippen molar-refractivity contribution in [3.63, 3.8) is 0 Å². The molecule has 0 aliphatic rings. The van der Waals surface area contributed by atoms with Gasteiger partial charge >= 0.3 is 0 Å². The third-order valence-corrected chi connectivity index (χ3v) is 2.97. The predicted octanol–water partition coefficient (Wildman–Crippen LogP) is 4.33. The highest BCUT2D eigenvalue weighted by molar-refractivity contribution is 6.31. The Morgan fingerprint density at radius 3 is 2.38 bits per heavy atom. The zero-order chi connectivity index (χ0) is 11.7. The molecule has 1 aromatic carbocycles. The van der Waals surface area contributed by atoms with Gasteiger partial charge in [0, 0.05) is 16.3 Å². The first-order valence-electron chi connectivity index (χ1n) is 5.28. The van der Waals surface area contributed by atoms with Gasteiger partial charge in [-0.05, 0) is 50.1 Å². The number of nitrogens with zero attached hydrogens (tertiary/aromatic N) is 1. The molecule has 0 aliphatic heterocycles. The molecule has 82 valence electrons. The highest BCUT2D eigenvalue weighted by Gasteiger charge is 2.03. The van der Waals surface area contributed by atoms with Crippen LogP contribution in [-0.2, 0) is 0 Å². The van der Waals surface area contributed by atoms with Crippen molar-refractivity contribution in [2.75, 3.05) is 0 Å². The van der Waals surface area contributed by atoms with Crippen molar-refractivity contribution in [1.29, 1.82) is 0 Å². The quantitative estimate of drug-likeness (QED) is 0.712. The van der Waals surface area contributed by atoms with E-state index in [9.17, 15) is 0 Å². The van der Waals surface area contributed by atoms with Crippen LogP contribution >= 0.6 is 11.6 Å². The zero-order valence-corrected chi connectivity index (χ0v) is 10.5. The van der Waals surface area contributed by atoms with Gasteiger partial charge in [0.2, 0.25) is 0 Å². The summed E-state index contributed by atoms with van der Waals surface area (Å²) in [6.07, 6.45) is 0. The molecule has 0 atom stereocenters. The van der Waals surface area contributed by atoms with Gasteiger partial charge in [0.15, 0.2) is 0 Å². The minimum absolute atomic E-state index is 0.790. The van der Waals surface area contributed by atoms with E-state index >= 15 is 0 Å². The molecule has 0 spiro atoms. The second-order valence-electron chi connectivity index (χ2n) is 4.14. The molecule has 16 heavy (non-hydrogen) atoms. The van der Waals surface area contributed by atoms with E-state index in [4.69, 9.17) is 11.6 Å². The Bertz CT molecular complexity index is 512. The molecule has 0 saturated heterocycles. The number of rotatable bonds is 1. The summed E-state index contributed by atoms with van der Waals surface area (Å²) in [6, 6.07) is 10.2. The predicted molar refractivity (Wildman–Crippen MR) is 68.9 cm³/mol. The Balaban J connectivity index is 2.54. The lowest BCUT2D eigenvalue weighted by Crippen LogP contribution is -1.89. The van der Waals surface area contributed by atoms with Crippen LogP contribution in [0.3, 0.4) is 0 Å². The average Bonchev–Trinajstić information content (AvgIpc) is 2.20. The summed E-state index contributed by atoms with van der Waals surface area (Å²) in [5, 5.41) is 0.790. The fourth-order valence-electron chi connectivity index (χ4n) is 1.74. The van der Waals surface area contributed by atoms with Crippen molar-refractivity contribution in [2.45, 2.75) is 20.8 Å². The molecule has 0 bridgehead atoms. The Morgan fingerprint density at radius 2 is 1.75 bits per heavy atom. The van der Waals surface area contributed by atoms with E-state index in [0.717, 1.165) is 27.5 Å². The summed E-state index contributed by atoms with van der Waals surface area (Å²) in [6.45, 7) is 6.08. The topological polar surface area (TPSA) is 12.9 Å². The van der Waals surface area contributed by atoms with Crippen molar-refractivity contribution in [3.05, 3.63) is 52.2 Å². The maximum Gasteiger partial charge on any atom is 0.0708 e. The van der Waals surface area contributed by atoms with E-state index in [1.165, 1.54) is 5.56 Å². The third-order valence-electron chi connectivity index (χ3n) is 2.57. The van der Waals surface area contributed by atoms with E-state index < -0.39 is 0 Å². The molecule has 0 radical (unpaired) electrons. The summed E-state index contributed by atoms with van der Waals surface area (Å²) in [5.74, 6) is 0. The monoisotopic (exact) mass is 231 g/mol. The first kappa shape index (κ1) is 11.2. The van der Waals surface area contributed by atoms with E-state index in [2.05, 4.69) is 30.1 Å². The zero-order valence-electron chi connectivity index (χ0n) is 9.71. The Kier molecular flexibility index (Phi) is 2.97. The summed E-state index contributed by atoms with van der Waals surface area (Å²) in [4.78, 5) is 4.52. The van der Waals surface area contributed by atoms with Gasteiger partial charge in [0.05, 0.1) is 5.69 Å². The average molecular weight is 232 g/mol. The second-order valence-corrected chi connectivity index (χ2v) is 4.54. The molecule has 0 fully saturated rings. The van der Waals surface area contributed by atoms with Gasteiger partial charge in [-0.15, -0.1) is 0 Å². The molecule has 1 heterocycles. The number of aryl methyl sites for hydroxylation is 3. The molecule has 1 aromatic heterocycles. The molecule has 1 nitrogen and oxygen atoms in total. The van der Waals surface area contributed by atoms with Crippen molar-refractivity contribution < 1.29 is 0 Å². The van der Waals surface area contributed by atoms with Crippen LogP contribution in [0.25, 0.3) is 11.3 Å². The molecule has 0 saturated carbocycles. The lowest BCUT2D eigenvalue weighted by Gasteiger charge is -2.06. The lowest BCUT2D eigenvalue weighted by molar-refractivity contribution is 1.18. The maximum absolute atomic E-state index is 6.12. The molecule has 2 aromatic rings. The largest absolute Gasteiger partial charge is 0.253 e. The molecular weight excluding hydrogens is 218 g/mol. The normalized spacial score (nSPS) is 10.5. The summed E-state index contributed by atoms with van der Waals surface area (Å²) >= 11 is 6.12. The molecule has 2 rings (SSSR count). The van der Waals surface area contributed by atoms with Crippen molar-refractivity contribution >= 4 is 11.6 Å². The van der Waals surface area contributed by atoms with Crippen LogP contribution in [0.4, 0.5) is 0 Å². The molecule has 0 aliphatic carbocycles. The Hall–Kier alpha value is -1.34. The molecule has 0 N–H and O–H groups in total. The van der Waals surface area contributed by atoms with Crippen LogP contribution in [-0.4, -0.2) is 4.98 Å². The van der Waals surface area contributed by atoms with E-state index in [0.29, 0.717) is 0 Å². The number of hydrogen-bond acceptors (Lipinski definition) is 1. The van der Waals surface area contributed by atoms with Crippen molar-refractivity contribution in [2.24, 2.45) is 0 Å². The molecule has 0 amide bonds. The van der Waals surface area contributed by atoms with Crippen LogP contribution in [0, 0.1) is 20.8 Å². The van der Waals surface area contributed by atoms with Gasteiger partial charge in [-0.1, -0.05) is 23.7 Å². The van der Waals surface area contributed by atoms with Gasteiger partial charge in [0.1, 0.15) is 0 Å². The number of aromatic nitrogens is 1. The van der Waals surface area contributed by atoms with Crippen molar-refractivity contribution in [1.82, 2.24) is 4.98 Å². The second kappa shape index (κ2) is 4.26. The van der Waals surface area contributed by atoms with Crippen LogP contribution in [0.1, 0.15) is 16.8 Å². The first-order chi connectivity index (χ1) is 7.56. The van der Waals surface area contributed by atoms with Crippen LogP contribution in [0.15, 0.2) is 30.3 Å². The SMILES string of the molecule is Cc1cc(C)nc(-c2ccc(C)c(Cl)c2)c1. The smallest absolute Gasteiger partial charge is 0.0708 e. The van der Waals surface area contributed by atoms with Crippen LogP contribution in [0.2, 0.25) is 5.02 Å². The molecular formula is C14H14ClN. The van der Waals surface area contributed by atoms with Crippen LogP contribution < -0.4 is 0 Å². The van der Waals surface area contributed by atoms with Gasteiger partial charge in [-0.25, -0.2) is 0 Å². The number of halogens is 1. The van der Waals surface area contributed by atoms with Crippen LogP contribution in [0.5, 0.6) is 0 Å². The fourth-order valence-corrected chi connectivity index (χ4v) is 1.92. The number of pyridine rings is 1. The van der Waals surface area contributed by atoms with Crippen molar-refractivity contribution in [3.8, 4) is 11.3 Å². The third kappa shape index (κ3) is 2.25. The molecule has 2 heteroatoms. The summed E-state index contributed by atoms with van der Waals surface area (Å²) in [5.41, 5.74) is 5.41. The number of benzene rings is 1. The first-order valence-corrected chi connectivity index (χ1v) is 5.66. The highest BCUT2D eigenvalue weighted by Crippen LogP contribution is 2.24. The Morgan fingerprint density at radius 1 is 1.00 bits per heavy atom. The minimum Gasteiger partial charge on any atom is -0.253 e. The van der Waals surface area contributed by atoms with E-state index in [1.807, 2.05) is 26.0 Å². The van der Waals surface area contributed by atoms with Gasteiger partial charge in [-0.2, -0.15) is 0 Å². The minimum atomic E-state index is 0.790. The van der Waals surface area contributed by atoms with Gasteiger partial charge in [0.25, 0.3) is 0 Å². The summed E-state index contributed by atoms with van der Waals surface area (Å²) in [7, 11) is 0. The van der Waals surface area contributed by atoms with E-state index in [-0.39, 0.29) is 0 Å². The molecule has 0 unspecified atom stereocenters. The van der Waals surface area contributed by atoms with E-state index in [1.54, 1.807) is 0 Å². The van der Waals surface area contributed by atoms with Gasteiger partial charge < -0.3 is 0 Å².